The van der Waals surface area contributed by atoms with E-state index in [-0.39, 0.29) is 11.6 Å². The summed E-state index contributed by atoms with van der Waals surface area (Å²) < 4.78 is 27.3. The van der Waals surface area contributed by atoms with Crippen molar-refractivity contribution in [1.82, 2.24) is 20.2 Å². The summed E-state index contributed by atoms with van der Waals surface area (Å²) in [6.07, 6.45) is 3.06. The number of benzene rings is 2. The summed E-state index contributed by atoms with van der Waals surface area (Å²) in [6.45, 7) is 6.49. The van der Waals surface area contributed by atoms with Gasteiger partial charge in [0.05, 0.1) is 25.0 Å². The van der Waals surface area contributed by atoms with Crippen molar-refractivity contribution in [2.75, 3.05) is 69.8 Å². The van der Waals surface area contributed by atoms with Gasteiger partial charge in [-0.2, -0.15) is 9.97 Å². The first-order valence-electron chi connectivity index (χ1n) is 13.3. The first-order chi connectivity index (χ1) is 18.1. The van der Waals surface area contributed by atoms with Gasteiger partial charge in [-0.25, -0.2) is 4.39 Å². The third-order valence-electron chi connectivity index (χ3n) is 7.98. The first kappa shape index (κ1) is 24.2. The highest BCUT2D eigenvalue weighted by Gasteiger charge is 2.30. The second kappa shape index (κ2) is 10.3. The maximum atomic E-state index is 15.7. The summed E-state index contributed by atoms with van der Waals surface area (Å²) >= 11 is 0. The van der Waals surface area contributed by atoms with E-state index in [4.69, 9.17) is 19.4 Å². The minimum absolute atomic E-state index is 0.258. The number of rotatable bonds is 6. The number of hydrogen-bond acceptors (Lipinski definition) is 8. The lowest BCUT2D eigenvalue weighted by atomic mass is 10.0. The normalized spacial score (nSPS) is 20.4. The number of halogens is 1. The van der Waals surface area contributed by atoms with Crippen LogP contribution in [0.2, 0.25) is 0 Å². The van der Waals surface area contributed by atoms with Crippen molar-refractivity contribution in [2.45, 2.75) is 31.8 Å². The zero-order valence-corrected chi connectivity index (χ0v) is 21.7. The smallest absolute Gasteiger partial charge is 0.318 e. The van der Waals surface area contributed by atoms with Gasteiger partial charge in [0.25, 0.3) is 0 Å². The molecule has 4 heterocycles. The molecule has 6 rings (SSSR count). The van der Waals surface area contributed by atoms with Gasteiger partial charge < -0.3 is 29.5 Å². The monoisotopic (exact) mass is 506 g/mol. The number of likely N-dealkylation sites (tertiary alicyclic amines) is 1. The van der Waals surface area contributed by atoms with Crippen molar-refractivity contribution in [3.8, 4) is 11.8 Å². The molecule has 0 unspecified atom stereocenters. The molecular formula is C28H35FN6O2. The van der Waals surface area contributed by atoms with Crippen LogP contribution in [-0.4, -0.2) is 80.9 Å². The maximum Gasteiger partial charge on any atom is 0.318 e. The molecular weight excluding hydrogens is 471 g/mol. The highest BCUT2D eigenvalue weighted by Crippen LogP contribution is 2.39. The molecule has 8 nitrogen and oxygen atoms in total. The summed E-state index contributed by atoms with van der Waals surface area (Å²) in [4.78, 5) is 16.6. The number of fused-ring (bicyclic) bond motifs is 2. The van der Waals surface area contributed by atoms with E-state index < -0.39 is 0 Å². The molecule has 1 N–H and O–H groups in total. The van der Waals surface area contributed by atoms with Crippen molar-refractivity contribution in [1.29, 1.82) is 0 Å². The van der Waals surface area contributed by atoms with Crippen molar-refractivity contribution >= 4 is 22.3 Å². The van der Waals surface area contributed by atoms with E-state index in [1.54, 1.807) is 6.07 Å². The summed E-state index contributed by atoms with van der Waals surface area (Å²) in [5, 5.41) is 5.26. The van der Waals surface area contributed by atoms with Gasteiger partial charge in [0.2, 0.25) is 0 Å². The van der Waals surface area contributed by atoms with Gasteiger partial charge in [-0.3, -0.25) is 0 Å². The van der Waals surface area contributed by atoms with E-state index in [0.717, 1.165) is 73.4 Å². The molecule has 0 spiro atoms. The van der Waals surface area contributed by atoms with Crippen LogP contribution in [0.15, 0.2) is 30.3 Å². The largest absolute Gasteiger partial charge is 0.494 e. The third-order valence-corrected chi connectivity index (χ3v) is 7.98. The van der Waals surface area contributed by atoms with Crippen LogP contribution in [0.5, 0.6) is 11.8 Å². The number of piperazine rings is 1. The molecule has 0 radical (unpaired) electrons. The highest BCUT2D eigenvalue weighted by molar-refractivity contribution is 5.96. The van der Waals surface area contributed by atoms with Gasteiger partial charge in [-0.1, -0.05) is 24.3 Å². The molecule has 2 aromatic carbocycles. The van der Waals surface area contributed by atoms with Crippen molar-refractivity contribution in [3.63, 3.8) is 0 Å². The predicted molar refractivity (Wildman–Crippen MR) is 143 cm³/mol. The fraction of sp³-hybridized carbons (Fsp3) is 0.500. The van der Waals surface area contributed by atoms with Gasteiger partial charge >= 0.3 is 6.01 Å². The highest BCUT2D eigenvalue weighted by atomic mass is 19.1. The Morgan fingerprint density at radius 2 is 1.92 bits per heavy atom. The molecule has 1 atom stereocenters. The Bertz CT molecular complexity index is 1280. The van der Waals surface area contributed by atoms with E-state index in [2.05, 4.69) is 27.1 Å². The second-order valence-electron chi connectivity index (χ2n) is 10.2. The van der Waals surface area contributed by atoms with E-state index in [1.807, 2.05) is 24.3 Å². The van der Waals surface area contributed by atoms with Gasteiger partial charge in [0, 0.05) is 49.7 Å². The topological polar surface area (TPSA) is 66.0 Å². The minimum Gasteiger partial charge on any atom is -0.494 e. The second-order valence-corrected chi connectivity index (χ2v) is 10.2. The van der Waals surface area contributed by atoms with Gasteiger partial charge in [-0.05, 0) is 44.3 Å². The number of methoxy groups -OCH3 is 1. The fourth-order valence-electron chi connectivity index (χ4n) is 5.88. The average Bonchev–Trinajstić information content (AvgIpc) is 3.35. The number of likely N-dealkylation sites (N-methyl/N-ethyl adjacent to an activating group) is 1. The van der Waals surface area contributed by atoms with Gasteiger partial charge in [0.15, 0.2) is 11.6 Å². The first-order valence-corrected chi connectivity index (χ1v) is 13.3. The Morgan fingerprint density at radius 3 is 2.70 bits per heavy atom. The lowest BCUT2D eigenvalue weighted by Crippen LogP contribution is -2.45. The van der Waals surface area contributed by atoms with Crippen LogP contribution < -0.4 is 24.6 Å². The molecule has 37 heavy (non-hydrogen) atoms. The number of aromatic nitrogens is 2. The third kappa shape index (κ3) is 4.66. The molecule has 9 heteroatoms. The Morgan fingerprint density at radius 1 is 1.08 bits per heavy atom. The van der Waals surface area contributed by atoms with Crippen LogP contribution in [0, 0.1) is 5.82 Å². The van der Waals surface area contributed by atoms with Crippen LogP contribution in [0.3, 0.4) is 0 Å². The number of ether oxygens (including phenoxy) is 2. The Hall–Kier alpha value is -3.17. The molecule has 0 saturated carbocycles. The van der Waals surface area contributed by atoms with E-state index in [1.165, 1.54) is 13.5 Å². The van der Waals surface area contributed by atoms with Crippen molar-refractivity contribution < 1.29 is 13.9 Å². The molecule has 3 aromatic rings. The molecule has 3 aliphatic rings. The molecule has 1 aromatic heterocycles. The molecule has 2 fully saturated rings. The molecule has 0 aliphatic carbocycles. The quantitative estimate of drug-likeness (QED) is 0.547. The van der Waals surface area contributed by atoms with Crippen molar-refractivity contribution in [3.05, 3.63) is 47.4 Å². The zero-order chi connectivity index (χ0) is 25.4. The Kier molecular flexibility index (Phi) is 6.73. The number of nitrogens with zero attached hydrogens (tertiary/aromatic N) is 5. The van der Waals surface area contributed by atoms with Gasteiger partial charge in [0.1, 0.15) is 12.4 Å². The predicted octanol–water partition coefficient (Wildman–Crippen LogP) is 3.22. The van der Waals surface area contributed by atoms with Crippen LogP contribution in [0.1, 0.15) is 24.1 Å². The molecule has 3 aliphatic heterocycles. The van der Waals surface area contributed by atoms with E-state index >= 15 is 4.39 Å². The molecule has 2 saturated heterocycles. The van der Waals surface area contributed by atoms with Crippen LogP contribution in [0.4, 0.5) is 15.9 Å². The molecule has 0 amide bonds. The molecule has 196 valence electrons. The van der Waals surface area contributed by atoms with Crippen LogP contribution >= 0.6 is 0 Å². The lowest BCUT2D eigenvalue weighted by Gasteiger charge is -2.35. The summed E-state index contributed by atoms with van der Waals surface area (Å²) in [7, 11) is 3.66. The standard InChI is InChI=1S/C28H35FN6O2/c1-33-12-5-7-20(33)18-37-28-31-23-17-35(13-9-22(23)27(32-28)34-14-10-30-11-15-34)26-21-8-4-3-6-19(21)16-24(36-2)25(26)29/h3-4,6,8,16,20,30H,5,7,9-15,17-18H2,1-2H3/t20-/m0/s1. The maximum absolute atomic E-state index is 15.7. The zero-order valence-electron chi connectivity index (χ0n) is 21.7. The van der Waals surface area contributed by atoms with E-state index in [9.17, 15) is 0 Å². The summed E-state index contributed by atoms with van der Waals surface area (Å²) in [5.41, 5.74) is 2.63. The SMILES string of the molecule is COc1cc2ccccc2c(N2CCc3c(nc(OC[C@@H]4CCCN4C)nc3N3CCNCC3)C2)c1F. The summed E-state index contributed by atoms with van der Waals surface area (Å²) in [5.74, 6) is 0.895. The Balaban J connectivity index is 1.36. The fourth-order valence-corrected chi connectivity index (χ4v) is 5.88. The van der Waals surface area contributed by atoms with Gasteiger partial charge in [-0.15, -0.1) is 0 Å². The van der Waals surface area contributed by atoms with Crippen LogP contribution in [-0.2, 0) is 13.0 Å². The van der Waals surface area contributed by atoms with E-state index in [0.29, 0.717) is 37.4 Å². The average molecular weight is 507 g/mol. The van der Waals surface area contributed by atoms with Crippen molar-refractivity contribution in [2.24, 2.45) is 0 Å². The number of hydrogen-bond donors (Lipinski definition) is 1. The Labute approximate surface area is 217 Å². The lowest BCUT2D eigenvalue weighted by molar-refractivity contribution is 0.187. The van der Waals surface area contributed by atoms with Crippen LogP contribution in [0.25, 0.3) is 10.8 Å². The number of nitrogens with one attached hydrogen (secondary N) is 1. The minimum atomic E-state index is -0.332. The number of anilines is 2. The molecule has 0 bridgehead atoms. The summed E-state index contributed by atoms with van der Waals surface area (Å²) in [6, 6.07) is 10.5.